The molecule has 0 aliphatic rings. The average Bonchev–Trinajstić information content (AvgIpc) is 2.72. The van der Waals surface area contributed by atoms with E-state index in [0.29, 0.717) is 34.9 Å². The van der Waals surface area contributed by atoms with Crippen LogP contribution < -0.4 is 20.5 Å². The van der Waals surface area contributed by atoms with E-state index in [2.05, 4.69) is 5.32 Å². The second-order valence-corrected chi connectivity index (χ2v) is 6.83. The van der Waals surface area contributed by atoms with Crippen molar-refractivity contribution in [3.05, 3.63) is 53.6 Å². The van der Waals surface area contributed by atoms with Gasteiger partial charge in [0.15, 0.2) is 5.54 Å². The summed E-state index contributed by atoms with van der Waals surface area (Å²) in [6.45, 7) is 5.14. The van der Waals surface area contributed by atoms with E-state index < -0.39 is 17.5 Å². The number of nitrogen functional groups attached to an aromatic ring is 1. The second kappa shape index (κ2) is 10.3. The molecule has 0 radical (unpaired) electrons. The number of rotatable bonds is 11. The van der Waals surface area contributed by atoms with Gasteiger partial charge in [0.2, 0.25) is 0 Å². The van der Waals surface area contributed by atoms with E-state index in [-0.39, 0.29) is 19.0 Å². The molecular formula is C22H27N3O6. The maximum atomic E-state index is 12.4. The quantitative estimate of drug-likeness (QED) is 0.185. The molecule has 0 saturated heterocycles. The predicted octanol–water partition coefficient (Wildman–Crippen LogP) is 2.72. The second-order valence-electron chi connectivity index (χ2n) is 6.83. The molecule has 9 heteroatoms. The van der Waals surface area contributed by atoms with Gasteiger partial charge in [-0.2, -0.15) is 0 Å². The van der Waals surface area contributed by atoms with E-state index >= 15 is 0 Å². The van der Waals surface area contributed by atoms with Crippen LogP contribution in [0.5, 0.6) is 11.5 Å². The summed E-state index contributed by atoms with van der Waals surface area (Å²) in [6, 6.07) is 11.4. The first-order valence-electron chi connectivity index (χ1n) is 9.67. The van der Waals surface area contributed by atoms with Crippen molar-refractivity contribution in [2.24, 2.45) is 5.73 Å². The van der Waals surface area contributed by atoms with E-state index in [1.165, 1.54) is 13.8 Å². The first kappa shape index (κ1) is 23.5. The van der Waals surface area contributed by atoms with Gasteiger partial charge in [0, 0.05) is 23.7 Å². The summed E-state index contributed by atoms with van der Waals surface area (Å²) >= 11 is 0. The Kier molecular flexibility index (Phi) is 7.84. The Morgan fingerprint density at radius 2 is 1.81 bits per heavy atom. The minimum absolute atomic E-state index is 0.0334. The summed E-state index contributed by atoms with van der Waals surface area (Å²) < 4.78 is 16.1. The van der Waals surface area contributed by atoms with Gasteiger partial charge in [-0.25, -0.2) is 4.79 Å². The normalized spacial score (nSPS) is 12.4. The third-order valence-electron chi connectivity index (χ3n) is 4.46. The average molecular weight is 429 g/mol. The third kappa shape index (κ3) is 6.11. The summed E-state index contributed by atoms with van der Waals surface area (Å²) in [5, 5.41) is 20.6. The van der Waals surface area contributed by atoms with Crippen molar-refractivity contribution in [3.63, 3.8) is 0 Å². The number of carboxylic acids is 1. The number of carbonyl (C=O) groups excluding carboxylic acids is 1. The SMILES string of the molecule is CCOc1ccc(OCCOC(C)=O)c(C(C)(Nc2ccc(C(=N)N)cc2)C(=O)O)c1. The van der Waals surface area contributed by atoms with Gasteiger partial charge in [-0.05, 0) is 56.3 Å². The standard InChI is InChI=1S/C22H27N3O6/c1-4-29-17-9-10-19(31-12-11-30-14(2)26)18(13-17)22(3,21(27)28)25-16-7-5-15(6-8-16)20(23)24/h5-10,13,25H,4,11-12H2,1-3H3,(H3,23,24)(H,27,28). The number of nitrogens with two attached hydrogens (primary N) is 1. The molecule has 1 unspecified atom stereocenters. The number of esters is 1. The highest BCUT2D eigenvalue weighted by molar-refractivity contribution is 5.95. The van der Waals surface area contributed by atoms with Gasteiger partial charge >= 0.3 is 11.9 Å². The Bertz CT molecular complexity index is 945. The van der Waals surface area contributed by atoms with Gasteiger partial charge < -0.3 is 30.4 Å². The van der Waals surface area contributed by atoms with Crippen LogP contribution in [0.4, 0.5) is 5.69 Å². The number of anilines is 1. The third-order valence-corrected chi connectivity index (χ3v) is 4.46. The zero-order valence-electron chi connectivity index (χ0n) is 17.7. The molecule has 0 aromatic heterocycles. The van der Waals surface area contributed by atoms with E-state index in [1.54, 1.807) is 42.5 Å². The largest absolute Gasteiger partial charge is 0.494 e. The van der Waals surface area contributed by atoms with Gasteiger partial charge in [0.25, 0.3) is 0 Å². The summed E-state index contributed by atoms with van der Waals surface area (Å²) in [7, 11) is 0. The van der Waals surface area contributed by atoms with Crippen LogP contribution in [0.25, 0.3) is 0 Å². The van der Waals surface area contributed by atoms with E-state index in [9.17, 15) is 14.7 Å². The van der Waals surface area contributed by atoms with Crippen molar-refractivity contribution >= 4 is 23.5 Å². The highest BCUT2D eigenvalue weighted by atomic mass is 16.6. The molecule has 0 spiro atoms. The summed E-state index contributed by atoms with van der Waals surface area (Å²) in [5.41, 5.74) is 5.27. The maximum Gasteiger partial charge on any atom is 0.333 e. The minimum atomic E-state index is -1.58. The Labute approximate surface area is 180 Å². The lowest BCUT2D eigenvalue weighted by Gasteiger charge is -2.30. The number of carboxylic acid groups (broad SMARTS) is 1. The molecule has 2 aromatic carbocycles. The molecule has 9 nitrogen and oxygen atoms in total. The number of benzene rings is 2. The fourth-order valence-corrected chi connectivity index (χ4v) is 2.88. The number of hydrogen-bond acceptors (Lipinski definition) is 7. The van der Waals surface area contributed by atoms with Crippen LogP contribution in [0.1, 0.15) is 31.9 Å². The number of ether oxygens (including phenoxy) is 3. The maximum absolute atomic E-state index is 12.4. The van der Waals surface area contributed by atoms with Crippen LogP contribution in [-0.2, 0) is 19.9 Å². The van der Waals surface area contributed by atoms with Crippen LogP contribution in [0, 0.1) is 5.41 Å². The van der Waals surface area contributed by atoms with Crippen molar-refractivity contribution in [1.82, 2.24) is 0 Å². The van der Waals surface area contributed by atoms with Gasteiger partial charge in [-0.3, -0.25) is 10.2 Å². The molecule has 166 valence electrons. The Morgan fingerprint density at radius 1 is 1.13 bits per heavy atom. The fraction of sp³-hybridized carbons (Fsp3) is 0.318. The fourth-order valence-electron chi connectivity index (χ4n) is 2.88. The van der Waals surface area contributed by atoms with Crippen LogP contribution in [0.2, 0.25) is 0 Å². The lowest BCUT2D eigenvalue weighted by Crippen LogP contribution is -2.41. The van der Waals surface area contributed by atoms with Gasteiger partial charge in [0.05, 0.1) is 6.61 Å². The zero-order chi connectivity index (χ0) is 23.0. The smallest absolute Gasteiger partial charge is 0.333 e. The monoisotopic (exact) mass is 429 g/mol. The minimum Gasteiger partial charge on any atom is -0.494 e. The molecule has 0 bridgehead atoms. The molecule has 5 N–H and O–H groups in total. The van der Waals surface area contributed by atoms with Crippen LogP contribution in [-0.4, -0.2) is 42.7 Å². The van der Waals surface area contributed by atoms with Crippen LogP contribution in [0.15, 0.2) is 42.5 Å². The lowest BCUT2D eigenvalue weighted by atomic mass is 9.90. The van der Waals surface area contributed by atoms with Crippen molar-refractivity contribution in [2.75, 3.05) is 25.1 Å². The number of amidine groups is 1. The van der Waals surface area contributed by atoms with Crippen LogP contribution in [0.3, 0.4) is 0 Å². The predicted molar refractivity (Wildman–Crippen MR) is 116 cm³/mol. The molecule has 2 aromatic rings. The van der Waals surface area contributed by atoms with Crippen molar-refractivity contribution in [2.45, 2.75) is 26.3 Å². The Balaban J connectivity index is 2.40. The number of hydrogen-bond donors (Lipinski definition) is 4. The first-order chi connectivity index (χ1) is 14.7. The Hall–Kier alpha value is -3.75. The molecule has 0 aliphatic carbocycles. The molecular weight excluding hydrogens is 402 g/mol. The molecule has 0 aliphatic heterocycles. The summed E-state index contributed by atoms with van der Waals surface area (Å²) in [4.78, 5) is 23.3. The summed E-state index contributed by atoms with van der Waals surface area (Å²) in [5.74, 6) is -0.844. The molecule has 31 heavy (non-hydrogen) atoms. The number of aliphatic carboxylic acids is 1. The van der Waals surface area contributed by atoms with Crippen molar-refractivity contribution < 1.29 is 28.9 Å². The van der Waals surface area contributed by atoms with Crippen molar-refractivity contribution in [3.8, 4) is 11.5 Å². The zero-order valence-corrected chi connectivity index (χ0v) is 17.7. The topological polar surface area (TPSA) is 144 Å². The molecule has 0 heterocycles. The molecule has 0 amide bonds. The first-order valence-corrected chi connectivity index (χ1v) is 9.67. The highest BCUT2D eigenvalue weighted by Crippen LogP contribution is 2.36. The molecule has 1 atom stereocenters. The lowest BCUT2D eigenvalue weighted by molar-refractivity contribution is -0.142. The van der Waals surface area contributed by atoms with E-state index in [4.69, 9.17) is 25.4 Å². The van der Waals surface area contributed by atoms with Crippen LogP contribution >= 0.6 is 0 Å². The Morgan fingerprint density at radius 3 is 2.35 bits per heavy atom. The number of nitrogens with one attached hydrogen (secondary N) is 2. The number of carbonyl (C=O) groups is 2. The van der Waals surface area contributed by atoms with Gasteiger partial charge in [-0.15, -0.1) is 0 Å². The van der Waals surface area contributed by atoms with E-state index in [0.717, 1.165) is 0 Å². The van der Waals surface area contributed by atoms with Crippen molar-refractivity contribution in [1.29, 1.82) is 5.41 Å². The molecule has 2 rings (SSSR count). The van der Waals surface area contributed by atoms with E-state index in [1.807, 2.05) is 6.92 Å². The van der Waals surface area contributed by atoms with Gasteiger partial charge in [0.1, 0.15) is 30.5 Å². The summed E-state index contributed by atoms with van der Waals surface area (Å²) in [6.07, 6.45) is 0. The van der Waals surface area contributed by atoms with Gasteiger partial charge in [-0.1, -0.05) is 0 Å². The molecule has 0 saturated carbocycles. The molecule has 0 fully saturated rings. The highest BCUT2D eigenvalue weighted by Gasteiger charge is 2.38.